The van der Waals surface area contributed by atoms with E-state index in [1.54, 1.807) is 0 Å². The number of anilines is 1. The van der Waals surface area contributed by atoms with Crippen molar-refractivity contribution in [3.63, 3.8) is 0 Å². The number of benzene rings is 1. The van der Waals surface area contributed by atoms with Crippen LogP contribution in [0.4, 0.5) is 15.0 Å². The van der Waals surface area contributed by atoms with E-state index >= 15 is 0 Å². The number of amides is 1. The monoisotopic (exact) mass is 415 g/mol. The summed E-state index contributed by atoms with van der Waals surface area (Å²) in [7, 11) is 0. The summed E-state index contributed by atoms with van der Waals surface area (Å²) < 4.78 is 25.3. The number of hydrogen-bond acceptors (Lipinski definition) is 5. The van der Waals surface area contributed by atoms with Gasteiger partial charge in [-0.05, 0) is 35.4 Å². The normalized spacial score (nSPS) is 17.5. The molecule has 162 valence electrons. The quantitative estimate of drug-likeness (QED) is 0.609. The Labute approximate surface area is 177 Å². The van der Waals surface area contributed by atoms with Crippen LogP contribution in [0.3, 0.4) is 0 Å². The first-order valence-electron chi connectivity index (χ1n) is 10.5. The van der Waals surface area contributed by atoms with Crippen LogP contribution in [0, 0.1) is 17.7 Å². The molecule has 0 saturated carbocycles. The van der Waals surface area contributed by atoms with Crippen LogP contribution in [0.25, 0.3) is 0 Å². The molecular formula is C23H30FN3O3. The number of halogens is 1. The molecule has 0 N–H and O–H groups in total. The minimum absolute atomic E-state index is 0.00849. The van der Waals surface area contributed by atoms with Crippen molar-refractivity contribution in [3.05, 3.63) is 47.7 Å². The molecule has 0 bridgehead atoms. The second-order valence-electron chi connectivity index (χ2n) is 8.60. The molecule has 6 nitrogen and oxygen atoms in total. The molecule has 1 aliphatic heterocycles. The van der Waals surface area contributed by atoms with Gasteiger partial charge in [0.25, 0.3) is 0 Å². The third-order valence-electron chi connectivity index (χ3n) is 5.20. The zero-order chi connectivity index (χ0) is 21.8. The molecule has 0 unspecified atom stereocenters. The van der Waals surface area contributed by atoms with E-state index in [0.29, 0.717) is 24.8 Å². The molecule has 2 aromatic rings. The van der Waals surface area contributed by atoms with E-state index in [2.05, 4.69) is 30.7 Å². The van der Waals surface area contributed by atoms with Gasteiger partial charge in [-0.1, -0.05) is 46.8 Å². The summed E-state index contributed by atoms with van der Waals surface area (Å²) in [5.41, 5.74) is 1.11. The first-order chi connectivity index (χ1) is 14.3. The van der Waals surface area contributed by atoms with Gasteiger partial charge >= 0.3 is 6.09 Å². The second kappa shape index (κ2) is 9.41. The molecule has 1 aliphatic rings. The van der Waals surface area contributed by atoms with E-state index in [4.69, 9.17) is 9.47 Å². The van der Waals surface area contributed by atoms with Crippen molar-refractivity contribution >= 4 is 11.9 Å². The maximum atomic E-state index is 14.5. The molecule has 2 heterocycles. The number of rotatable bonds is 8. The molecule has 30 heavy (non-hydrogen) atoms. The number of hydrogen-bond donors (Lipinski definition) is 0. The number of aromatic nitrogens is 2. The fourth-order valence-corrected chi connectivity index (χ4v) is 3.38. The molecule has 1 aromatic carbocycles. The van der Waals surface area contributed by atoms with Crippen LogP contribution in [-0.4, -0.2) is 35.3 Å². The number of cyclic esters (lactones) is 1. The number of carbonyl (C=O) groups is 1. The van der Waals surface area contributed by atoms with Gasteiger partial charge in [-0.25, -0.2) is 19.2 Å². The molecular weight excluding hydrogens is 385 g/mol. The predicted molar refractivity (Wildman–Crippen MR) is 113 cm³/mol. The molecule has 1 amide bonds. The number of nitrogens with zero attached hydrogens (tertiary/aromatic N) is 3. The average Bonchev–Trinajstić information content (AvgIpc) is 3.09. The van der Waals surface area contributed by atoms with Crippen LogP contribution in [-0.2, 0) is 11.2 Å². The maximum Gasteiger partial charge on any atom is 0.416 e. The summed E-state index contributed by atoms with van der Waals surface area (Å²) in [6, 6.07) is 7.72. The lowest BCUT2D eigenvalue weighted by Gasteiger charge is -2.24. The number of carbonyl (C=O) groups excluding carboxylic acids is 1. The van der Waals surface area contributed by atoms with Gasteiger partial charge in [-0.3, -0.25) is 4.90 Å². The highest BCUT2D eigenvalue weighted by atomic mass is 19.1. The summed E-state index contributed by atoms with van der Waals surface area (Å²) in [5.74, 6) is 1.40. The van der Waals surface area contributed by atoms with Crippen LogP contribution in [0.5, 0.6) is 5.75 Å². The third kappa shape index (κ3) is 5.07. The molecule has 1 aromatic heterocycles. The van der Waals surface area contributed by atoms with Crippen molar-refractivity contribution in [2.45, 2.75) is 53.0 Å². The van der Waals surface area contributed by atoms with Crippen LogP contribution >= 0.6 is 0 Å². The molecule has 1 fully saturated rings. The summed E-state index contributed by atoms with van der Waals surface area (Å²) in [6.07, 6.45) is 1.09. The van der Waals surface area contributed by atoms with Crippen molar-refractivity contribution < 1.29 is 18.7 Å². The molecule has 0 aliphatic carbocycles. The van der Waals surface area contributed by atoms with Crippen molar-refractivity contribution in [1.82, 2.24) is 9.97 Å². The van der Waals surface area contributed by atoms with E-state index in [-0.39, 0.29) is 30.3 Å². The SMILES string of the molecule is CC(C)COc1ccc([C@H](C)Cc2ncc(F)c(N3C(=O)OC[C@@H]3C(C)C)n2)cc1. The lowest BCUT2D eigenvalue weighted by Crippen LogP contribution is -2.38. The van der Waals surface area contributed by atoms with E-state index < -0.39 is 11.9 Å². The van der Waals surface area contributed by atoms with E-state index in [1.807, 2.05) is 38.1 Å². The summed E-state index contributed by atoms with van der Waals surface area (Å²) in [5, 5.41) is 0. The summed E-state index contributed by atoms with van der Waals surface area (Å²) in [6.45, 7) is 11.1. The zero-order valence-corrected chi connectivity index (χ0v) is 18.3. The minimum atomic E-state index is -0.623. The fourth-order valence-electron chi connectivity index (χ4n) is 3.38. The largest absolute Gasteiger partial charge is 0.493 e. The van der Waals surface area contributed by atoms with Gasteiger partial charge in [0.2, 0.25) is 0 Å². The number of ether oxygens (including phenoxy) is 2. The van der Waals surface area contributed by atoms with Crippen LogP contribution < -0.4 is 9.64 Å². The Kier molecular flexibility index (Phi) is 6.90. The molecule has 3 rings (SSSR count). The van der Waals surface area contributed by atoms with Gasteiger partial charge in [-0.15, -0.1) is 0 Å². The molecule has 1 saturated heterocycles. The Bertz CT molecular complexity index is 870. The van der Waals surface area contributed by atoms with Gasteiger partial charge in [0.05, 0.1) is 18.8 Å². The third-order valence-corrected chi connectivity index (χ3v) is 5.20. The van der Waals surface area contributed by atoms with Gasteiger partial charge in [0, 0.05) is 6.42 Å². The molecule has 0 radical (unpaired) electrons. The fraction of sp³-hybridized carbons (Fsp3) is 0.522. The van der Waals surface area contributed by atoms with Crippen LogP contribution in [0.1, 0.15) is 51.9 Å². The highest BCUT2D eigenvalue weighted by Crippen LogP contribution is 2.29. The van der Waals surface area contributed by atoms with Crippen molar-refractivity contribution in [1.29, 1.82) is 0 Å². The van der Waals surface area contributed by atoms with Gasteiger partial charge in [-0.2, -0.15) is 0 Å². The predicted octanol–water partition coefficient (Wildman–Crippen LogP) is 4.98. The van der Waals surface area contributed by atoms with Crippen molar-refractivity contribution in [2.24, 2.45) is 11.8 Å². The van der Waals surface area contributed by atoms with Crippen molar-refractivity contribution in [2.75, 3.05) is 18.1 Å². The molecule has 7 heteroatoms. The standard InChI is InChI=1S/C23H30FN3O3/c1-14(2)12-29-18-8-6-17(7-9-18)16(5)10-21-25-11-19(24)22(26-21)27-20(15(3)4)13-30-23(27)28/h6-9,11,14-16,20H,10,12-13H2,1-5H3/t16-,20-/m1/s1. The highest BCUT2D eigenvalue weighted by Gasteiger charge is 2.38. The Morgan fingerprint density at radius 2 is 1.90 bits per heavy atom. The van der Waals surface area contributed by atoms with Gasteiger partial charge in [0.15, 0.2) is 11.6 Å². The minimum Gasteiger partial charge on any atom is -0.493 e. The lowest BCUT2D eigenvalue weighted by molar-refractivity contribution is 0.177. The van der Waals surface area contributed by atoms with E-state index in [1.165, 1.54) is 4.90 Å². The first-order valence-corrected chi connectivity index (χ1v) is 10.5. The Morgan fingerprint density at radius 3 is 2.53 bits per heavy atom. The zero-order valence-electron chi connectivity index (χ0n) is 18.3. The van der Waals surface area contributed by atoms with Gasteiger partial charge < -0.3 is 9.47 Å². The van der Waals surface area contributed by atoms with E-state index in [9.17, 15) is 9.18 Å². The maximum absolute atomic E-state index is 14.5. The molecule has 2 atom stereocenters. The Balaban J connectivity index is 1.74. The lowest BCUT2D eigenvalue weighted by atomic mass is 9.97. The van der Waals surface area contributed by atoms with Crippen molar-refractivity contribution in [3.8, 4) is 5.75 Å². The Morgan fingerprint density at radius 1 is 1.20 bits per heavy atom. The second-order valence-corrected chi connectivity index (χ2v) is 8.60. The highest BCUT2D eigenvalue weighted by molar-refractivity contribution is 5.89. The summed E-state index contributed by atoms with van der Waals surface area (Å²) in [4.78, 5) is 22.0. The molecule has 0 spiro atoms. The van der Waals surface area contributed by atoms with Crippen LogP contribution in [0.15, 0.2) is 30.5 Å². The summed E-state index contributed by atoms with van der Waals surface area (Å²) >= 11 is 0. The van der Waals surface area contributed by atoms with Crippen LogP contribution in [0.2, 0.25) is 0 Å². The average molecular weight is 416 g/mol. The topological polar surface area (TPSA) is 64.5 Å². The van der Waals surface area contributed by atoms with Gasteiger partial charge in [0.1, 0.15) is 18.2 Å². The first kappa shape index (κ1) is 22.0. The van der Waals surface area contributed by atoms with E-state index in [0.717, 1.165) is 17.5 Å². The Hall–Kier alpha value is -2.70. The smallest absolute Gasteiger partial charge is 0.416 e.